The first-order chi connectivity index (χ1) is 15.0. The summed E-state index contributed by atoms with van der Waals surface area (Å²) in [6, 6.07) is 0. The van der Waals surface area contributed by atoms with Crippen molar-refractivity contribution in [2.24, 2.45) is 0 Å². The number of anilines is 1. The predicted molar refractivity (Wildman–Crippen MR) is 116 cm³/mol. The Bertz CT molecular complexity index is 915. The molecule has 0 radical (unpaired) electrons. The molecule has 0 saturated carbocycles. The van der Waals surface area contributed by atoms with Crippen molar-refractivity contribution in [2.75, 3.05) is 44.3 Å². The lowest BCUT2D eigenvalue weighted by atomic mass is 10.2. The zero-order chi connectivity index (χ0) is 22.2. The van der Waals surface area contributed by atoms with E-state index in [-0.39, 0.29) is 17.6 Å². The van der Waals surface area contributed by atoms with Gasteiger partial charge < -0.3 is 19.3 Å². The van der Waals surface area contributed by atoms with E-state index in [0.29, 0.717) is 74.5 Å². The summed E-state index contributed by atoms with van der Waals surface area (Å²) in [5.41, 5.74) is 0.202. The van der Waals surface area contributed by atoms with Crippen molar-refractivity contribution in [3.05, 3.63) is 39.5 Å². The van der Waals surface area contributed by atoms with E-state index in [1.807, 2.05) is 16.7 Å². The molecule has 0 aliphatic carbocycles. The van der Waals surface area contributed by atoms with E-state index < -0.39 is 0 Å². The van der Waals surface area contributed by atoms with Gasteiger partial charge in [-0.1, -0.05) is 18.5 Å². The van der Waals surface area contributed by atoms with Crippen LogP contribution in [0.3, 0.4) is 0 Å². The Hall–Kier alpha value is -2.72. The van der Waals surface area contributed by atoms with Crippen molar-refractivity contribution in [3.8, 4) is 5.75 Å². The second-order valence-electron chi connectivity index (χ2n) is 7.23. The molecule has 11 heteroatoms. The molecule has 31 heavy (non-hydrogen) atoms. The van der Waals surface area contributed by atoms with Crippen LogP contribution in [0.25, 0.3) is 0 Å². The lowest BCUT2D eigenvalue weighted by Gasteiger charge is -2.34. The number of ether oxygens (including phenoxy) is 2. The van der Waals surface area contributed by atoms with Gasteiger partial charge in [-0.25, -0.2) is 15.1 Å². The molecule has 0 bridgehead atoms. The van der Waals surface area contributed by atoms with Crippen molar-refractivity contribution < 1.29 is 14.3 Å². The molecule has 0 aromatic carbocycles. The summed E-state index contributed by atoms with van der Waals surface area (Å²) >= 11 is 5.83. The Morgan fingerprint density at radius 3 is 2.61 bits per heavy atom. The number of rotatable bonds is 9. The number of hydrogen-bond acceptors (Lipinski definition) is 8. The number of carbonyl (C=O) groups is 1. The first-order valence-electron chi connectivity index (χ1n) is 10.3. The number of aromatic nitrogens is 4. The van der Waals surface area contributed by atoms with E-state index in [9.17, 15) is 9.59 Å². The Morgan fingerprint density at radius 1 is 1.23 bits per heavy atom. The fourth-order valence-corrected chi connectivity index (χ4v) is 3.23. The van der Waals surface area contributed by atoms with E-state index in [1.165, 1.54) is 6.20 Å². The number of hydrogen-bond donors (Lipinski definition) is 1. The van der Waals surface area contributed by atoms with E-state index >= 15 is 0 Å². The van der Waals surface area contributed by atoms with Gasteiger partial charge in [0.05, 0.1) is 48.8 Å². The molecule has 3 heterocycles. The molecular weight excluding hydrogens is 424 g/mol. The summed E-state index contributed by atoms with van der Waals surface area (Å²) in [5, 5.41) is 6.63. The average molecular weight is 451 g/mol. The first kappa shape index (κ1) is 23.0. The fourth-order valence-electron chi connectivity index (χ4n) is 3.13. The van der Waals surface area contributed by atoms with Gasteiger partial charge in [-0.3, -0.25) is 9.59 Å². The van der Waals surface area contributed by atoms with Crippen molar-refractivity contribution in [1.29, 1.82) is 0 Å². The molecule has 0 spiro atoms. The molecule has 1 aliphatic rings. The summed E-state index contributed by atoms with van der Waals surface area (Å²) in [7, 11) is 0. The van der Waals surface area contributed by atoms with Crippen LogP contribution < -0.4 is 15.2 Å². The van der Waals surface area contributed by atoms with Crippen LogP contribution in [-0.4, -0.2) is 76.5 Å². The van der Waals surface area contributed by atoms with Gasteiger partial charge >= 0.3 is 0 Å². The molecule has 2 aromatic rings. The maximum absolute atomic E-state index is 12.5. The molecule has 1 aliphatic heterocycles. The van der Waals surface area contributed by atoms with Crippen molar-refractivity contribution in [2.45, 2.75) is 32.8 Å². The van der Waals surface area contributed by atoms with Crippen LogP contribution in [0, 0.1) is 6.92 Å². The number of H-pyrrole nitrogens is 1. The number of amides is 1. The zero-order valence-electron chi connectivity index (χ0n) is 17.7. The molecular formula is C20H27ClN6O4. The third-order valence-electron chi connectivity index (χ3n) is 5.09. The molecule has 3 rings (SSSR count). The molecule has 1 atom stereocenters. The smallest absolute Gasteiger partial charge is 0.270 e. The minimum atomic E-state index is -0.276. The van der Waals surface area contributed by atoms with Gasteiger partial charge in [0.2, 0.25) is 11.9 Å². The van der Waals surface area contributed by atoms with Crippen molar-refractivity contribution in [1.82, 2.24) is 25.1 Å². The first-order valence-corrected chi connectivity index (χ1v) is 10.6. The Kier molecular flexibility index (Phi) is 8.19. The second kappa shape index (κ2) is 11.1. The largest absolute Gasteiger partial charge is 0.486 e. The maximum atomic E-state index is 12.5. The predicted octanol–water partition coefficient (Wildman–Crippen LogP) is 1.43. The molecule has 0 unspecified atom stereocenters. The molecule has 2 aromatic heterocycles. The molecule has 1 amide bonds. The van der Waals surface area contributed by atoms with Gasteiger partial charge in [-0.2, -0.15) is 5.10 Å². The standard InChI is InChI=1S/C20H27ClN6O4/c1-3-16(31-17-12-24-25-19(29)14(17)2)13-30-9-4-18(28)26-5-7-27(8-6-26)20-22-10-15(21)11-23-20/h10-12,16H,3-9,13H2,1-2H3,(H,25,29)/t16-/m0/s1. The second-order valence-corrected chi connectivity index (χ2v) is 7.67. The van der Waals surface area contributed by atoms with Gasteiger partial charge in [0.25, 0.3) is 5.56 Å². The molecule has 1 fully saturated rings. The van der Waals surface area contributed by atoms with Crippen LogP contribution in [0.15, 0.2) is 23.4 Å². The summed E-state index contributed by atoms with van der Waals surface area (Å²) in [6.45, 7) is 6.86. The quantitative estimate of drug-likeness (QED) is 0.571. The lowest BCUT2D eigenvalue weighted by molar-refractivity contribution is -0.132. The van der Waals surface area contributed by atoms with Gasteiger partial charge in [-0.05, 0) is 13.3 Å². The molecule has 168 valence electrons. The molecule has 1 N–H and O–H groups in total. The number of halogens is 1. The van der Waals surface area contributed by atoms with Gasteiger partial charge in [0.1, 0.15) is 11.9 Å². The van der Waals surface area contributed by atoms with E-state index in [4.69, 9.17) is 21.1 Å². The number of carbonyl (C=O) groups excluding carboxylic acids is 1. The normalized spacial score (nSPS) is 15.1. The van der Waals surface area contributed by atoms with Crippen LogP contribution in [0.2, 0.25) is 5.02 Å². The summed E-state index contributed by atoms with van der Waals surface area (Å²) in [4.78, 5) is 36.4. The Labute approximate surface area is 185 Å². The highest BCUT2D eigenvalue weighted by atomic mass is 35.5. The van der Waals surface area contributed by atoms with Crippen LogP contribution >= 0.6 is 11.6 Å². The van der Waals surface area contributed by atoms with Gasteiger partial charge in [-0.15, -0.1) is 0 Å². The minimum Gasteiger partial charge on any atom is -0.486 e. The summed E-state index contributed by atoms with van der Waals surface area (Å²) in [6.07, 6.45) is 5.41. The van der Waals surface area contributed by atoms with Crippen LogP contribution in [-0.2, 0) is 9.53 Å². The SMILES string of the molecule is CC[C@@H](COCCC(=O)N1CCN(c2ncc(Cl)cn2)CC1)Oc1cn[nH]c(=O)c1C. The van der Waals surface area contributed by atoms with Gasteiger partial charge in [0.15, 0.2) is 0 Å². The molecule has 1 saturated heterocycles. The Morgan fingerprint density at radius 2 is 1.94 bits per heavy atom. The summed E-state index contributed by atoms with van der Waals surface area (Å²) < 4.78 is 11.5. The van der Waals surface area contributed by atoms with Crippen LogP contribution in [0.4, 0.5) is 5.95 Å². The highest BCUT2D eigenvalue weighted by Crippen LogP contribution is 2.15. The number of piperazine rings is 1. The van der Waals surface area contributed by atoms with Crippen molar-refractivity contribution >= 4 is 23.5 Å². The van der Waals surface area contributed by atoms with Crippen LogP contribution in [0.5, 0.6) is 5.75 Å². The topological polar surface area (TPSA) is 114 Å². The van der Waals surface area contributed by atoms with E-state index in [0.717, 1.165) is 0 Å². The van der Waals surface area contributed by atoms with Crippen LogP contribution in [0.1, 0.15) is 25.3 Å². The van der Waals surface area contributed by atoms with E-state index in [2.05, 4.69) is 20.2 Å². The molecule has 10 nitrogen and oxygen atoms in total. The minimum absolute atomic E-state index is 0.0558. The zero-order valence-corrected chi connectivity index (χ0v) is 18.5. The summed E-state index contributed by atoms with van der Waals surface area (Å²) in [5.74, 6) is 1.12. The third-order valence-corrected chi connectivity index (χ3v) is 5.29. The van der Waals surface area contributed by atoms with Gasteiger partial charge in [0, 0.05) is 26.2 Å². The Balaban J connectivity index is 1.37. The lowest BCUT2D eigenvalue weighted by Crippen LogP contribution is -2.49. The fraction of sp³-hybridized carbons (Fsp3) is 0.550. The number of nitrogens with one attached hydrogen (secondary N) is 1. The monoisotopic (exact) mass is 450 g/mol. The third kappa shape index (κ3) is 6.38. The van der Waals surface area contributed by atoms with Crippen molar-refractivity contribution in [3.63, 3.8) is 0 Å². The highest BCUT2D eigenvalue weighted by molar-refractivity contribution is 6.30. The highest BCUT2D eigenvalue weighted by Gasteiger charge is 2.22. The maximum Gasteiger partial charge on any atom is 0.270 e. The average Bonchev–Trinajstić information content (AvgIpc) is 2.79. The number of aromatic amines is 1. The number of nitrogens with zero attached hydrogens (tertiary/aromatic N) is 5. The van der Waals surface area contributed by atoms with E-state index in [1.54, 1.807) is 19.3 Å².